The van der Waals surface area contributed by atoms with Gasteiger partial charge in [0.15, 0.2) is 0 Å². The fourth-order valence-electron chi connectivity index (χ4n) is 2.22. The Morgan fingerprint density at radius 2 is 2.12 bits per heavy atom. The SMILES string of the molecule is CS(=O)(=O)NC1CCCN(C(=O)C2(N)CC2)C1. The Hall–Kier alpha value is -0.660. The lowest BCUT2D eigenvalue weighted by Gasteiger charge is -2.34. The summed E-state index contributed by atoms with van der Waals surface area (Å²) in [7, 11) is -3.21. The maximum atomic E-state index is 12.0. The summed E-state index contributed by atoms with van der Waals surface area (Å²) in [5, 5.41) is 0. The van der Waals surface area contributed by atoms with Crippen LogP contribution in [0.2, 0.25) is 0 Å². The number of sulfonamides is 1. The second-order valence-corrected chi connectivity index (χ2v) is 6.92. The molecule has 1 saturated carbocycles. The highest BCUT2D eigenvalue weighted by Gasteiger charge is 2.48. The molecule has 98 valence electrons. The number of rotatable bonds is 3. The van der Waals surface area contributed by atoms with E-state index in [2.05, 4.69) is 4.72 Å². The standard InChI is InChI=1S/C10H19N3O3S/c1-17(15,16)12-8-3-2-6-13(7-8)9(14)10(11)4-5-10/h8,12H,2-7,11H2,1H3. The molecule has 1 heterocycles. The average molecular weight is 261 g/mol. The number of amides is 1. The maximum Gasteiger partial charge on any atom is 0.242 e. The van der Waals surface area contributed by atoms with Crippen molar-refractivity contribution < 1.29 is 13.2 Å². The van der Waals surface area contributed by atoms with Gasteiger partial charge in [-0.1, -0.05) is 0 Å². The lowest BCUT2D eigenvalue weighted by Crippen LogP contribution is -2.54. The highest BCUT2D eigenvalue weighted by Crippen LogP contribution is 2.34. The smallest absolute Gasteiger partial charge is 0.242 e. The quantitative estimate of drug-likeness (QED) is 0.683. The minimum Gasteiger partial charge on any atom is -0.340 e. The molecule has 1 atom stereocenters. The van der Waals surface area contributed by atoms with Crippen LogP contribution in [0.1, 0.15) is 25.7 Å². The van der Waals surface area contributed by atoms with E-state index in [1.807, 2.05) is 0 Å². The zero-order valence-electron chi connectivity index (χ0n) is 9.98. The van der Waals surface area contributed by atoms with Crippen molar-refractivity contribution >= 4 is 15.9 Å². The first kappa shape index (κ1) is 12.8. The van der Waals surface area contributed by atoms with Crippen LogP contribution in [0, 0.1) is 0 Å². The normalized spacial score (nSPS) is 27.9. The first-order valence-corrected chi connectivity index (χ1v) is 7.75. The Kier molecular flexibility index (Phi) is 3.17. The van der Waals surface area contributed by atoms with Crippen LogP contribution in [0.25, 0.3) is 0 Å². The molecule has 1 amide bonds. The predicted molar refractivity (Wildman–Crippen MR) is 63.7 cm³/mol. The van der Waals surface area contributed by atoms with Gasteiger partial charge in [0.2, 0.25) is 15.9 Å². The van der Waals surface area contributed by atoms with Gasteiger partial charge >= 0.3 is 0 Å². The first-order chi connectivity index (χ1) is 7.80. The van der Waals surface area contributed by atoms with Gasteiger partial charge in [-0.05, 0) is 25.7 Å². The molecule has 0 aromatic heterocycles. The number of nitrogens with one attached hydrogen (secondary N) is 1. The number of hydrogen-bond acceptors (Lipinski definition) is 4. The third kappa shape index (κ3) is 3.17. The van der Waals surface area contributed by atoms with Crippen LogP contribution >= 0.6 is 0 Å². The van der Waals surface area contributed by atoms with Crippen LogP contribution in [-0.4, -0.2) is 50.2 Å². The molecule has 1 saturated heterocycles. The van der Waals surface area contributed by atoms with Crippen molar-refractivity contribution in [1.82, 2.24) is 9.62 Å². The molecule has 2 rings (SSSR count). The van der Waals surface area contributed by atoms with E-state index < -0.39 is 15.6 Å². The van der Waals surface area contributed by atoms with Crippen LogP contribution in [0.3, 0.4) is 0 Å². The molecule has 2 aliphatic rings. The van der Waals surface area contributed by atoms with Crippen LogP contribution in [0.4, 0.5) is 0 Å². The lowest BCUT2D eigenvalue weighted by molar-refractivity contribution is -0.134. The number of likely N-dealkylation sites (tertiary alicyclic amines) is 1. The van der Waals surface area contributed by atoms with Gasteiger partial charge < -0.3 is 10.6 Å². The molecule has 1 aliphatic carbocycles. The van der Waals surface area contributed by atoms with E-state index in [9.17, 15) is 13.2 Å². The van der Waals surface area contributed by atoms with Crippen molar-refractivity contribution in [2.24, 2.45) is 5.73 Å². The van der Waals surface area contributed by atoms with Crippen molar-refractivity contribution in [3.8, 4) is 0 Å². The number of carbonyl (C=O) groups is 1. The summed E-state index contributed by atoms with van der Waals surface area (Å²) in [6.07, 6.45) is 4.21. The van der Waals surface area contributed by atoms with Crippen molar-refractivity contribution in [3.05, 3.63) is 0 Å². The van der Waals surface area contributed by atoms with Gasteiger partial charge in [0, 0.05) is 19.1 Å². The van der Waals surface area contributed by atoms with Gasteiger partial charge in [-0.2, -0.15) is 0 Å². The van der Waals surface area contributed by atoms with Crippen LogP contribution in [0.5, 0.6) is 0 Å². The van der Waals surface area contributed by atoms with Gasteiger partial charge in [0.25, 0.3) is 0 Å². The van der Waals surface area contributed by atoms with E-state index in [1.165, 1.54) is 0 Å². The Labute approximate surface area is 102 Å². The monoisotopic (exact) mass is 261 g/mol. The van der Waals surface area contributed by atoms with Crippen molar-refractivity contribution in [3.63, 3.8) is 0 Å². The largest absolute Gasteiger partial charge is 0.340 e. The number of carbonyl (C=O) groups excluding carboxylic acids is 1. The topological polar surface area (TPSA) is 92.5 Å². The molecule has 6 nitrogen and oxygen atoms in total. The molecule has 2 fully saturated rings. The molecular weight excluding hydrogens is 242 g/mol. The summed E-state index contributed by atoms with van der Waals surface area (Å²) >= 11 is 0. The molecule has 0 radical (unpaired) electrons. The Morgan fingerprint density at radius 1 is 1.47 bits per heavy atom. The Morgan fingerprint density at radius 3 is 2.65 bits per heavy atom. The van der Waals surface area contributed by atoms with Crippen molar-refractivity contribution in [2.45, 2.75) is 37.3 Å². The zero-order valence-corrected chi connectivity index (χ0v) is 10.8. The molecule has 0 aromatic rings. The Balaban J connectivity index is 1.95. The minimum absolute atomic E-state index is 0.0301. The van der Waals surface area contributed by atoms with E-state index >= 15 is 0 Å². The molecule has 17 heavy (non-hydrogen) atoms. The summed E-state index contributed by atoms with van der Waals surface area (Å²) in [6, 6.07) is -0.176. The fraction of sp³-hybridized carbons (Fsp3) is 0.900. The summed E-state index contributed by atoms with van der Waals surface area (Å²) < 4.78 is 24.8. The van der Waals surface area contributed by atoms with Crippen LogP contribution < -0.4 is 10.5 Å². The van der Waals surface area contributed by atoms with E-state index in [0.717, 1.165) is 31.9 Å². The van der Waals surface area contributed by atoms with E-state index in [-0.39, 0.29) is 11.9 Å². The summed E-state index contributed by atoms with van der Waals surface area (Å²) in [5.74, 6) is -0.0301. The van der Waals surface area contributed by atoms with Crippen molar-refractivity contribution in [2.75, 3.05) is 19.3 Å². The minimum atomic E-state index is -3.21. The molecule has 0 spiro atoms. The number of nitrogens with two attached hydrogens (primary N) is 1. The van der Waals surface area contributed by atoms with E-state index in [0.29, 0.717) is 13.1 Å². The second kappa shape index (κ2) is 4.22. The highest BCUT2D eigenvalue weighted by atomic mass is 32.2. The molecule has 0 bridgehead atoms. The van der Waals surface area contributed by atoms with Crippen molar-refractivity contribution in [1.29, 1.82) is 0 Å². The van der Waals surface area contributed by atoms with Crippen LogP contribution in [0.15, 0.2) is 0 Å². The molecule has 1 unspecified atom stereocenters. The molecule has 0 aromatic carbocycles. The van der Waals surface area contributed by atoms with E-state index in [4.69, 9.17) is 5.73 Å². The number of hydrogen-bond donors (Lipinski definition) is 2. The maximum absolute atomic E-state index is 12.0. The number of piperidine rings is 1. The van der Waals surface area contributed by atoms with E-state index in [1.54, 1.807) is 4.90 Å². The first-order valence-electron chi connectivity index (χ1n) is 5.86. The number of nitrogens with zero attached hydrogens (tertiary/aromatic N) is 1. The average Bonchev–Trinajstić information content (AvgIpc) is 2.94. The van der Waals surface area contributed by atoms with Gasteiger partial charge in [-0.15, -0.1) is 0 Å². The van der Waals surface area contributed by atoms with Gasteiger partial charge in [-0.25, -0.2) is 13.1 Å². The Bertz CT molecular complexity index is 417. The molecular formula is C10H19N3O3S. The van der Waals surface area contributed by atoms with Gasteiger partial charge in [0.1, 0.15) is 0 Å². The third-order valence-corrected chi connectivity index (χ3v) is 4.07. The van der Waals surface area contributed by atoms with Crippen LogP contribution in [-0.2, 0) is 14.8 Å². The summed E-state index contributed by atoms with van der Waals surface area (Å²) in [4.78, 5) is 13.7. The second-order valence-electron chi connectivity index (χ2n) is 5.14. The predicted octanol–water partition coefficient (Wildman–Crippen LogP) is -0.982. The van der Waals surface area contributed by atoms with Gasteiger partial charge in [-0.3, -0.25) is 4.79 Å². The highest BCUT2D eigenvalue weighted by molar-refractivity contribution is 7.88. The fourth-order valence-corrected chi connectivity index (χ4v) is 3.02. The lowest BCUT2D eigenvalue weighted by atomic mass is 10.1. The van der Waals surface area contributed by atoms with Gasteiger partial charge in [0.05, 0.1) is 11.8 Å². The molecule has 3 N–H and O–H groups in total. The zero-order chi connectivity index (χ0) is 12.7. The molecule has 7 heteroatoms. The summed E-state index contributed by atoms with van der Waals surface area (Å²) in [6.45, 7) is 1.12. The molecule has 1 aliphatic heterocycles. The summed E-state index contributed by atoms with van der Waals surface area (Å²) in [5.41, 5.74) is 5.20. The third-order valence-electron chi connectivity index (χ3n) is 3.30.